The van der Waals surface area contributed by atoms with E-state index in [2.05, 4.69) is 20.6 Å². The third-order valence-corrected chi connectivity index (χ3v) is 4.96. The summed E-state index contributed by atoms with van der Waals surface area (Å²) in [5, 5.41) is 5.97. The molecule has 0 saturated carbocycles. The molecule has 2 atom stereocenters. The fraction of sp³-hybridized carbons (Fsp3) is 0.286. The molecule has 1 aliphatic rings. The van der Waals surface area contributed by atoms with Crippen LogP contribution < -0.4 is 10.6 Å². The van der Waals surface area contributed by atoms with Crippen LogP contribution in [0.5, 0.6) is 0 Å². The van der Waals surface area contributed by atoms with Gasteiger partial charge in [0.25, 0.3) is 5.91 Å². The van der Waals surface area contributed by atoms with E-state index in [0.29, 0.717) is 5.56 Å². The van der Waals surface area contributed by atoms with Crippen molar-refractivity contribution >= 4 is 22.8 Å². The zero-order valence-corrected chi connectivity index (χ0v) is 15.3. The SMILES string of the molecule is CC(C)[C@H](NC(=O)C[C@H]1NC(=O)c2ccccc21)c1nc2ccccc2[nH]1. The van der Waals surface area contributed by atoms with E-state index in [0.717, 1.165) is 22.4 Å². The van der Waals surface area contributed by atoms with Crippen LogP contribution in [0.3, 0.4) is 0 Å². The molecule has 6 nitrogen and oxygen atoms in total. The minimum absolute atomic E-state index is 0.115. The Kier molecular flexibility index (Phi) is 4.39. The Hall–Kier alpha value is -3.15. The van der Waals surface area contributed by atoms with Crippen LogP contribution in [0.4, 0.5) is 0 Å². The third-order valence-electron chi connectivity index (χ3n) is 4.96. The summed E-state index contributed by atoms with van der Waals surface area (Å²) in [4.78, 5) is 32.7. The molecule has 0 fully saturated rings. The van der Waals surface area contributed by atoms with Gasteiger partial charge in [-0.3, -0.25) is 9.59 Å². The monoisotopic (exact) mass is 362 g/mol. The van der Waals surface area contributed by atoms with Gasteiger partial charge in [0.15, 0.2) is 0 Å². The molecular weight excluding hydrogens is 340 g/mol. The van der Waals surface area contributed by atoms with Gasteiger partial charge in [-0.1, -0.05) is 44.2 Å². The lowest BCUT2D eigenvalue weighted by Crippen LogP contribution is -2.34. The molecule has 6 heteroatoms. The number of para-hydroxylation sites is 2. The van der Waals surface area contributed by atoms with Crippen molar-refractivity contribution in [2.24, 2.45) is 5.92 Å². The van der Waals surface area contributed by atoms with Gasteiger partial charge in [0.1, 0.15) is 5.82 Å². The lowest BCUT2D eigenvalue weighted by atomic mass is 10.0. The van der Waals surface area contributed by atoms with E-state index >= 15 is 0 Å². The summed E-state index contributed by atoms with van der Waals surface area (Å²) in [7, 11) is 0. The number of rotatable bonds is 5. The van der Waals surface area contributed by atoms with Crippen molar-refractivity contribution in [1.29, 1.82) is 0 Å². The number of amides is 2. The Bertz CT molecular complexity index is 975. The Morgan fingerprint density at radius 1 is 1.15 bits per heavy atom. The highest BCUT2D eigenvalue weighted by Crippen LogP contribution is 2.28. The Morgan fingerprint density at radius 3 is 2.67 bits per heavy atom. The number of carbonyl (C=O) groups is 2. The Balaban J connectivity index is 1.51. The maximum Gasteiger partial charge on any atom is 0.252 e. The zero-order valence-electron chi connectivity index (χ0n) is 15.3. The molecule has 0 unspecified atom stereocenters. The fourth-order valence-electron chi connectivity index (χ4n) is 3.57. The third kappa shape index (κ3) is 3.30. The van der Waals surface area contributed by atoms with E-state index in [4.69, 9.17) is 0 Å². The predicted molar refractivity (Wildman–Crippen MR) is 103 cm³/mol. The summed E-state index contributed by atoms with van der Waals surface area (Å²) >= 11 is 0. The second-order valence-electron chi connectivity index (χ2n) is 7.25. The number of benzene rings is 2. The van der Waals surface area contributed by atoms with Crippen LogP contribution in [0.1, 0.15) is 54.1 Å². The van der Waals surface area contributed by atoms with Gasteiger partial charge < -0.3 is 15.6 Å². The van der Waals surface area contributed by atoms with Gasteiger partial charge >= 0.3 is 0 Å². The number of nitrogens with zero attached hydrogens (tertiary/aromatic N) is 1. The number of hydrogen-bond acceptors (Lipinski definition) is 3. The first kappa shape index (κ1) is 17.3. The number of aromatic nitrogens is 2. The quantitative estimate of drug-likeness (QED) is 0.651. The first-order valence-corrected chi connectivity index (χ1v) is 9.16. The highest BCUT2D eigenvalue weighted by atomic mass is 16.2. The van der Waals surface area contributed by atoms with Gasteiger partial charge in [0.2, 0.25) is 5.91 Å². The molecule has 0 aliphatic carbocycles. The Labute approximate surface area is 157 Å². The predicted octanol–water partition coefficient (Wildman–Crippen LogP) is 3.25. The van der Waals surface area contributed by atoms with Crippen LogP contribution in [0.15, 0.2) is 48.5 Å². The van der Waals surface area contributed by atoms with E-state index in [9.17, 15) is 9.59 Å². The maximum atomic E-state index is 12.7. The second-order valence-corrected chi connectivity index (χ2v) is 7.25. The van der Waals surface area contributed by atoms with Crippen molar-refractivity contribution in [2.75, 3.05) is 0 Å². The highest BCUT2D eigenvalue weighted by Gasteiger charge is 2.31. The molecule has 1 aliphatic heterocycles. The van der Waals surface area contributed by atoms with Gasteiger partial charge in [0, 0.05) is 5.56 Å². The van der Waals surface area contributed by atoms with E-state index in [-0.39, 0.29) is 36.2 Å². The van der Waals surface area contributed by atoms with Gasteiger partial charge in [-0.2, -0.15) is 0 Å². The highest BCUT2D eigenvalue weighted by molar-refractivity contribution is 5.99. The molecule has 0 radical (unpaired) electrons. The molecule has 138 valence electrons. The maximum absolute atomic E-state index is 12.7. The topological polar surface area (TPSA) is 86.9 Å². The summed E-state index contributed by atoms with van der Waals surface area (Å²) in [6.45, 7) is 4.09. The van der Waals surface area contributed by atoms with Crippen LogP contribution >= 0.6 is 0 Å². The fourth-order valence-corrected chi connectivity index (χ4v) is 3.57. The molecule has 1 aromatic heterocycles. The summed E-state index contributed by atoms with van der Waals surface area (Å²) in [6.07, 6.45) is 0.201. The lowest BCUT2D eigenvalue weighted by molar-refractivity contribution is -0.122. The Morgan fingerprint density at radius 2 is 1.89 bits per heavy atom. The van der Waals surface area contributed by atoms with Crippen LogP contribution in [-0.2, 0) is 4.79 Å². The second kappa shape index (κ2) is 6.87. The van der Waals surface area contributed by atoms with E-state index < -0.39 is 0 Å². The first-order valence-electron chi connectivity index (χ1n) is 9.16. The van der Waals surface area contributed by atoms with E-state index in [1.54, 1.807) is 6.07 Å². The number of nitrogens with one attached hydrogen (secondary N) is 3. The molecule has 0 spiro atoms. The van der Waals surface area contributed by atoms with Crippen molar-refractivity contribution in [1.82, 2.24) is 20.6 Å². The smallest absolute Gasteiger partial charge is 0.252 e. The minimum Gasteiger partial charge on any atom is -0.346 e. The minimum atomic E-state index is -0.294. The molecule has 3 N–H and O–H groups in total. The van der Waals surface area contributed by atoms with Crippen LogP contribution in [-0.4, -0.2) is 21.8 Å². The van der Waals surface area contributed by atoms with Crippen LogP contribution in [0.2, 0.25) is 0 Å². The summed E-state index contributed by atoms with van der Waals surface area (Å²) in [5.41, 5.74) is 3.35. The van der Waals surface area contributed by atoms with Crippen molar-refractivity contribution in [3.8, 4) is 0 Å². The summed E-state index contributed by atoms with van der Waals surface area (Å²) < 4.78 is 0. The van der Waals surface area contributed by atoms with E-state index in [1.807, 2.05) is 56.3 Å². The average Bonchev–Trinajstić information content (AvgIpc) is 3.21. The summed E-state index contributed by atoms with van der Waals surface area (Å²) in [6, 6.07) is 14.7. The molecule has 3 aromatic rings. The lowest BCUT2D eigenvalue weighted by Gasteiger charge is -2.21. The molecule has 27 heavy (non-hydrogen) atoms. The number of fused-ring (bicyclic) bond motifs is 2. The normalized spacial score (nSPS) is 17.0. The molecule has 2 aromatic carbocycles. The molecular formula is C21H22N4O2. The van der Waals surface area contributed by atoms with Gasteiger partial charge in [-0.05, 0) is 29.7 Å². The number of hydrogen-bond donors (Lipinski definition) is 3. The molecule has 2 amide bonds. The average molecular weight is 362 g/mol. The number of aromatic amines is 1. The van der Waals surface area contributed by atoms with Crippen molar-refractivity contribution < 1.29 is 9.59 Å². The molecule has 4 rings (SSSR count). The van der Waals surface area contributed by atoms with Crippen LogP contribution in [0.25, 0.3) is 11.0 Å². The van der Waals surface area contributed by atoms with Crippen molar-refractivity contribution in [3.63, 3.8) is 0 Å². The van der Waals surface area contributed by atoms with Crippen molar-refractivity contribution in [2.45, 2.75) is 32.4 Å². The molecule has 2 heterocycles. The number of carbonyl (C=O) groups excluding carboxylic acids is 2. The van der Waals surface area contributed by atoms with Crippen molar-refractivity contribution in [3.05, 3.63) is 65.5 Å². The van der Waals surface area contributed by atoms with Gasteiger partial charge in [-0.15, -0.1) is 0 Å². The van der Waals surface area contributed by atoms with Gasteiger partial charge in [-0.25, -0.2) is 4.98 Å². The number of imidazole rings is 1. The first-order chi connectivity index (χ1) is 13.0. The molecule has 0 saturated heterocycles. The van der Waals surface area contributed by atoms with Gasteiger partial charge in [0.05, 0.1) is 29.5 Å². The number of H-pyrrole nitrogens is 1. The largest absolute Gasteiger partial charge is 0.346 e. The van der Waals surface area contributed by atoms with Crippen LogP contribution in [0, 0.1) is 5.92 Å². The summed E-state index contributed by atoms with van der Waals surface area (Å²) in [5.74, 6) is 0.674. The zero-order chi connectivity index (χ0) is 19.0. The molecule has 0 bridgehead atoms. The standard InChI is InChI=1S/C21H22N4O2/c1-12(2)19(20-22-15-9-5-6-10-16(15)23-20)25-18(26)11-17-13-7-3-4-8-14(13)21(27)24-17/h3-10,12,17,19H,11H2,1-2H3,(H,22,23)(H,24,27)(H,25,26)/t17-,19+/m1/s1. The van der Waals surface area contributed by atoms with E-state index in [1.165, 1.54) is 0 Å².